The van der Waals surface area contributed by atoms with Crippen molar-refractivity contribution in [2.75, 3.05) is 45.8 Å². The average molecular weight is 417 g/mol. The number of amides is 2. The lowest BCUT2D eigenvalue weighted by Crippen LogP contribution is -2.53. The van der Waals surface area contributed by atoms with Crippen LogP contribution in [-0.2, 0) is 16.1 Å². The zero-order valence-corrected chi connectivity index (χ0v) is 17.2. The van der Waals surface area contributed by atoms with Crippen molar-refractivity contribution in [3.63, 3.8) is 0 Å². The van der Waals surface area contributed by atoms with E-state index in [1.165, 1.54) is 0 Å². The summed E-state index contributed by atoms with van der Waals surface area (Å²) in [5.74, 6) is 0.454. The quantitative estimate of drug-likeness (QED) is 0.758. The molecule has 1 aromatic rings. The van der Waals surface area contributed by atoms with Crippen LogP contribution in [0.15, 0.2) is 30.3 Å². The fourth-order valence-corrected chi connectivity index (χ4v) is 3.50. The number of piperazine rings is 1. The molecule has 0 radical (unpaired) electrons. The molecule has 2 saturated heterocycles. The molecule has 0 saturated carbocycles. The maximum Gasteiger partial charge on any atom is 0.234 e. The van der Waals surface area contributed by atoms with Gasteiger partial charge < -0.3 is 15.5 Å². The number of benzene rings is 1. The molecule has 27 heavy (non-hydrogen) atoms. The van der Waals surface area contributed by atoms with E-state index in [1.807, 2.05) is 35.2 Å². The summed E-state index contributed by atoms with van der Waals surface area (Å²) in [6, 6.07) is 9.92. The summed E-state index contributed by atoms with van der Waals surface area (Å²) in [5, 5.41) is 6.27. The maximum absolute atomic E-state index is 12.5. The topological polar surface area (TPSA) is 64.7 Å². The summed E-state index contributed by atoms with van der Waals surface area (Å²) in [6.07, 6.45) is 2.08. The normalized spacial score (nSPS) is 20.1. The summed E-state index contributed by atoms with van der Waals surface area (Å²) in [5.41, 5.74) is 1.10. The number of carbonyl (C=O) groups excluding carboxylic acids is 2. The molecule has 2 aliphatic rings. The van der Waals surface area contributed by atoms with Crippen LogP contribution in [0.4, 0.5) is 0 Å². The predicted octanol–water partition coefficient (Wildman–Crippen LogP) is 1.29. The van der Waals surface area contributed by atoms with E-state index >= 15 is 0 Å². The number of nitrogens with one attached hydrogen (secondary N) is 2. The zero-order valence-electron chi connectivity index (χ0n) is 15.6. The smallest absolute Gasteiger partial charge is 0.234 e. The number of rotatable bonds is 5. The van der Waals surface area contributed by atoms with Crippen LogP contribution in [-0.4, -0.2) is 67.4 Å². The molecule has 0 aromatic heterocycles. The summed E-state index contributed by atoms with van der Waals surface area (Å²) in [7, 11) is 0. The molecule has 2 amide bonds. The maximum atomic E-state index is 12.5. The SMILES string of the molecule is Cl.Cl.O=C(CN1CCN(C(=O)C2CCCNC2)CC1)NCc1ccccc1. The van der Waals surface area contributed by atoms with E-state index < -0.39 is 0 Å². The first-order valence-corrected chi connectivity index (χ1v) is 9.25. The van der Waals surface area contributed by atoms with Crippen LogP contribution in [0, 0.1) is 5.92 Å². The van der Waals surface area contributed by atoms with Gasteiger partial charge in [0.2, 0.25) is 11.8 Å². The van der Waals surface area contributed by atoms with E-state index in [-0.39, 0.29) is 42.5 Å². The van der Waals surface area contributed by atoms with Crippen molar-refractivity contribution in [2.24, 2.45) is 5.92 Å². The van der Waals surface area contributed by atoms with Crippen molar-refractivity contribution in [2.45, 2.75) is 19.4 Å². The molecule has 8 heteroatoms. The van der Waals surface area contributed by atoms with Crippen molar-refractivity contribution in [1.29, 1.82) is 0 Å². The van der Waals surface area contributed by atoms with E-state index in [1.54, 1.807) is 0 Å². The fraction of sp³-hybridized carbons (Fsp3) is 0.579. The van der Waals surface area contributed by atoms with Gasteiger partial charge in [-0.2, -0.15) is 0 Å². The van der Waals surface area contributed by atoms with Crippen LogP contribution < -0.4 is 10.6 Å². The fourth-order valence-electron chi connectivity index (χ4n) is 3.50. The Labute approximate surface area is 173 Å². The lowest BCUT2D eigenvalue weighted by Gasteiger charge is -2.36. The van der Waals surface area contributed by atoms with Gasteiger partial charge in [0.1, 0.15) is 0 Å². The molecule has 6 nitrogen and oxygen atoms in total. The lowest BCUT2D eigenvalue weighted by atomic mass is 9.98. The second-order valence-electron chi connectivity index (χ2n) is 6.91. The molecule has 2 fully saturated rings. The molecular formula is C19H30Cl2N4O2. The van der Waals surface area contributed by atoms with Gasteiger partial charge in [0, 0.05) is 39.3 Å². The Morgan fingerprint density at radius 3 is 2.41 bits per heavy atom. The molecule has 0 aliphatic carbocycles. The second kappa shape index (κ2) is 12.2. The molecule has 0 bridgehead atoms. The molecule has 0 spiro atoms. The van der Waals surface area contributed by atoms with Gasteiger partial charge in [-0.15, -0.1) is 24.8 Å². The van der Waals surface area contributed by atoms with Gasteiger partial charge >= 0.3 is 0 Å². The Bertz CT molecular complexity index is 574. The Morgan fingerprint density at radius 2 is 1.78 bits per heavy atom. The number of hydrogen-bond acceptors (Lipinski definition) is 4. The van der Waals surface area contributed by atoms with Crippen molar-refractivity contribution >= 4 is 36.6 Å². The van der Waals surface area contributed by atoms with Crippen LogP contribution in [0.1, 0.15) is 18.4 Å². The van der Waals surface area contributed by atoms with Crippen LogP contribution in [0.2, 0.25) is 0 Å². The van der Waals surface area contributed by atoms with E-state index in [2.05, 4.69) is 15.5 Å². The van der Waals surface area contributed by atoms with E-state index in [0.29, 0.717) is 13.1 Å². The summed E-state index contributed by atoms with van der Waals surface area (Å²) in [4.78, 5) is 28.7. The van der Waals surface area contributed by atoms with Gasteiger partial charge in [-0.1, -0.05) is 30.3 Å². The van der Waals surface area contributed by atoms with Crippen LogP contribution in [0.5, 0.6) is 0 Å². The first kappa shape index (κ1) is 23.7. The van der Waals surface area contributed by atoms with E-state index in [4.69, 9.17) is 0 Å². The van der Waals surface area contributed by atoms with Crippen molar-refractivity contribution in [3.8, 4) is 0 Å². The number of carbonyl (C=O) groups is 2. The van der Waals surface area contributed by atoms with Crippen molar-refractivity contribution in [3.05, 3.63) is 35.9 Å². The average Bonchev–Trinajstić information content (AvgIpc) is 2.68. The van der Waals surface area contributed by atoms with Gasteiger partial charge in [0.05, 0.1) is 12.5 Å². The zero-order chi connectivity index (χ0) is 17.5. The summed E-state index contributed by atoms with van der Waals surface area (Å²) >= 11 is 0. The monoisotopic (exact) mass is 416 g/mol. The Kier molecular flexibility index (Phi) is 10.7. The molecule has 152 valence electrons. The van der Waals surface area contributed by atoms with E-state index in [9.17, 15) is 9.59 Å². The number of nitrogens with zero attached hydrogens (tertiary/aromatic N) is 2. The summed E-state index contributed by atoms with van der Waals surface area (Å²) < 4.78 is 0. The minimum atomic E-state index is 0. The molecule has 1 atom stereocenters. The summed E-state index contributed by atoms with van der Waals surface area (Å²) in [6.45, 7) is 5.78. The first-order valence-electron chi connectivity index (χ1n) is 9.25. The number of hydrogen-bond donors (Lipinski definition) is 2. The molecule has 2 heterocycles. The first-order chi connectivity index (χ1) is 12.2. The van der Waals surface area contributed by atoms with Gasteiger partial charge in [0.25, 0.3) is 0 Å². The number of piperidine rings is 1. The molecule has 1 unspecified atom stereocenters. The minimum Gasteiger partial charge on any atom is -0.351 e. The molecular weight excluding hydrogens is 387 g/mol. The molecule has 3 rings (SSSR count). The highest BCUT2D eigenvalue weighted by Gasteiger charge is 2.28. The van der Waals surface area contributed by atoms with Crippen LogP contribution in [0.25, 0.3) is 0 Å². The molecule has 2 aliphatic heterocycles. The number of halogens is 2. The standard InChI is InChI=1S/C19H28N4O2.2ClH/c24-18(21-13-16-5-2-1-3-6-16)15-22-9-11-23(12-10-22)19(25)17-7-4-8-20-14-17;;/h1-3,5-6,17,20H,4,7-15H2,(H,21,24);2*1H. The highest BCUT2D eigenvalue weighted by molar-refractivity contribution is 5.85. The van der Waals surface area contributed by atoms with Crippen molar-refractivity contribution in [1.82, 2.24) is 20.4 Å². The highest BCUT2D eigenvalue weighted by atomic mass is 35.5. The third kappa shape index (κ3) is 7.30. The second-order valence-corrected chi connectivity index (χ2v) is 6.91. The molecule has 1 aromatic carbocycles. The minimum absolute atomic E-state index is 0. The van der Waals surface area contributed by atoms with Crippen LogP contribution in [0.3, 0.4) is 0 Å². The van der Waals surface area contributed by atoms with Gasteiger partial charge in [-0.3, -0.25) is 14.5 Å². The van der Waals surface area contributed by atoms with Crippen LogP contribution >= 0.6 is 24.8 Å². The Morgan fingerprint density at radius 1 is 1.07 bits per heavy atom. The van der Waals surface area contributed by atoms with Crippen molar-refractivity contribution < 1.29 is 9.59 Å². The Hall–Kier alpha value is -1.34. The van der Waals surface area contributed by atoms with Gasteiger partial charge in [0.15, 0.2) is 0 Å². The van der Waals surface area contributed by atoms with E-state index in [0.717, 1.165) is 57.7 Å². The third-order valence-electron chi connectivity index (χ3n) is 5.03. The third-order valence-corrected chi connectivity index (χ3v) is 5.03. The predicted molar refractivity (Wildman–Crippen MR) is 111 cm³/mol. The molecule has 2 N–H and O–H groups in total. The lowest BCUT2D eigenvalue weighted by molar-refractivity contribution is -0.138. The van der Waals surface area contributed by atoms with Gasteiger partial charge in [-0.25, -0.2) is 0 Å². The largest absolute Gasteiger partial charge is 0.351 e. The Balaban J connectivity index is 0.00000182. The van der Waals surface area contributed by atoms with Gasteiger partial charge in [-0.05, 0) is 24.9 Å². The highest BCUT2D eigenvalue weighted by Crippen LogP contribution is 2.15.